The second-order valence-electron chi connectivity index (χ2n) is 5.66. The Kier molecular flexibility index (Phi) is 4.96. The number of benzene rings is 1. The largest absolute Gasteiger partial charge is 0.348 e. The summed E-state index contributed by atoms with van der Waals surface area (Å²) in [7, 11) is 0. The summed E-state index contributed by atoms with van der Waals surface area (Å²) in [5, 5.41) is 8.37. The second kappa shape index (κ2) is 6.73. The Hall–Kier alpha value is -2.17. The number of nitrogens with one attached hydrogen (secondary N) is 1. The Morgan fingerprint density at radius 2 is 1.86 bits per heavy atom. The molecule has 1 N–H and O–H groups in total. The lowest BCUT2D eigenvalue weighted by molar-refractivity contribution is 0.0922. The van der Waals surface area contributed by atoms with Crippen molar-refractivity contribution in [1.29, 1.82) is 0 Å². The van der Waals surface area contributed by atoms with Crippen LogP contribution in [0.3, 0.4) is 0 Å². The Morgan fingerprint density at radius 1 is 1.23 bits per heavy atom. The molecule has 1 aromatic carbocycles. The molecule has 0 bridgehead atoms. The van der Waals surface area contributed by atoms with E-state index in [1.54, 1.807) is 18.2 Å². The van der Waals surface area contributed by atoms with Gasteiger partial charge in [0.25, 0.3) is 11.5 Å². The van der Waals surface area contributed by atoms with Gasteiger partial charge in [-0.2, -0.15) is 5.10 Å². The standard InChI is InChI=1S/C17H23N3O2/c1-5-11(3)12(4)18-16(21)15-13-9-7-8-10-14(13)17(22)20(6-2)19-15/h7-12H,5-6H2,1-4H3,(H,18,21)/t11-,12+/m1/s1. The van der Waals surface area contributed by atoms with Crippen LogP contribution in [0.1, 0.15) is 44.6 Å². The van der Waals surface area contributed by atoms with Crippen LogP contribution in [0.5, 0.6) is 0 Å². The number of rotatable bonds is 5. The van der Waals surface area contributed by atoms with Crippen molar-refractivity contribution in [3.05, 3.63) is 40.3 Å². The zero-order valence-electron chi connectivity index (χ0n) is 13.6. The van der Waals surface area contributed by atoms with Gasteiger partial charge in [-0.3, -0.25) is 9.59 Å². The Morgan fingerprint density at radius 3 is 2.45 bits per heavy atom. The summed E-state index contributed by atoms with van der Waals surface area (Å²) in [6.45, 7) is 8.46. The van der Waals surface area contributed by atoms with Gasteiger partial charge in [0.15, 0.2) is 5.69 Å². The van der Waals surface area contributed by atoms with Crippen molar-refractivity contribution in [2.75, 3.05) is 0 Å². The molecule has 0 fully saturated rings. The van der Waals surface area contributed by atoms with Crippen molar-refractivity contribution in [1.82, 2.24) is 15.1 Å². The van der Waals surface area contributed by atoms with E-state index < -0.39 is 0 Å². The normalized spacial score (nSPS) is 13.8. The third kappa shape index (κ3) is 3.03. The minimum atomic E-state index is -0.230. The van der Waals surface area contributed by atoms with Crippen molar-refractivity contribution in [3.8, 4) is 0 Å². The molecule has 22 heavy (non-hydrogen) atoms. The fraction of sp³-hybridized carbons (Fsp3) is 0.471. The van der Waals surface area contributed by atoms with E-state index >= 15 is 0 Å². The quantitative estimate of drug-likeness (QED) is 0.923. The third-order valence-electron chi connectivity index (χ3n) is 4.24. The van der Waals surface area contributed by atoms with Gasteiger partial charge < -0.3 is 5.32 Å². The molecule has 0 saturated carbocycles. The lowest BCUT2D eigenvalue weighted by Crippen LogP contribution is -2.38. The molecule has 0 aliphatic heterocycles. The molecular weight excluding hydrogens is 278 g/mol. The highest BCUT2D eigenvalue weighted by molar-refractivity contribution is 6.04. The van der Waals surface area contributed by atoms with E-state index in [0.29, 0.717) is 28.9 Å². The number of nitrogens with zero attached hydrogens (tertiary/aromatic N) is 2. The molecule has 5 heteroatoms. The lowest BCUT2D eigenvalue weighted by Gasteiger charge is -2.20. The van der Waals surface area contributed by atoms with Gasteiger partial charge in [-0.05, 0) is 25.8 Å². The van der Waals surface area contributed by atoms with E-state index in [4.69, 9.17) is 0 Å². The smallest absolute Gasteiger partial charge is 0.274 e. The first-order valence-corrected chi connectivity index (χ1v) is 7.80. The molecule has 0 unspecified atom stereocenters. The van der Waals surface area contributed by atoms with Crippen molar-refractivity contribution < 1.29 is 4.79 Å². The van der Waals surface area contributed by atoms with Crippen LogP contribution in [0.25, 0.3) is 10.8 Å². The summed E-state index contributed by atoms with van der Waals surface area (Å²) in [6, 6.07) is 7.18. The van der Waals surface area contributed by atoms with Crippen LogP contribution in [-0.4, -0.2) is 21.7 Å². The Labute approximate surface area is 130 Å². The first-order chi connectivity index (χ1) is 10.5. The topological polar surface area (TPSA) is 64.0 Å². The van der Waals surface area contributed by atoms with Crippen LogP contribution >= 0.6 is 0 Å². The molecule has 0 spiro atoms. The predicted octanol–water partition coefficient (Wildman–Crippen LogP) is 2.58. The Balaban J connectivity index is 2.48. The summed E-state index contributed by atoms with van der Waals surface area (Å²) >= 11 is 0. The molecular formula is C17H23N3O2. The monoisotopic (exact) mass is 301 g/mol. The summed E-state index contributed by atoms with van der Waals surface area (Å²) in [5.74, 6) is 0.151. The molecule has 1 aromatic heterocycles. The van der Waals surface area contributed by atoms with Crippen LogP contribution in [0.2, 0.25) is 0 Å². The number of aromatic nitrogens is 2. The molecule has 0 radical (unpaired) electrons. The highest BCUT2D eigenvalue weighted by Gasteiger charge is 2.19. The first kappa shape index (κ1) is 16.2. The average molecular weight is 301 g/mol. The second-order valence-corrected chi connectivity index (χ2v) is 5.66. The van der Waals surface area contributed by atoms with Gasteiger partial charge in [-0.1, -0.05) is 38.5 Å². The van der Waals surface area contributed by atoms with Crippen LogP contribution in [0.15, 0.2) is 29.1 Å². The van der Waals surface area contributed by atoms with Crippen molar-refractivity contribution in [3.63, 3.8) is 0 Å². The van der Waals surface area contributed by atoms with E-state index in [-0.39, 0.29) is 17.5 Å². The van der Waals surface area contributed by atoms with E-state index in [1.807, 2.05) is 19.9 Å². The molecule has 0 aliphatic carbocycles. The molecule has 2 aromatic rings. The summed E-state index contributed by atoms with van der Waals surface area (Å²) in [6.07, 6.45) is 0.990. The van der Waals surface area contributed by atoms with Gasteiger partial charge in [0.1, 0.15) is 0 Å². The SMILES string of the molecule is CC[C@@H](C)[C@H](C)NC(=O)c1nn(CC)c(=O)c2ccccc12. The number of carbonyl (C=O) groups is 1. The van der Waals surface area contributed by atoms with E-state index in [1.165, 1.54) is 4.68 Å². The maximum atomic E-state index is 12.6. The number of amides is 1. The molecule has 1 heterocycles. The van der Waals surface area contributed by atoms with Crippen LogP contribution in [-0.2, 0) is 6.54 Å². The van der Waals surface area contributed by atoms with E-state index in [2.05, 4.69) is 24.3 Å². The number of hydrogen-bond donors (Lipinski definition) is 1. The number of fused-ring (bicyclic) bond motifs is 1. The number of carbonyl (C=O) groups excluding carboxylic acids is 1. The molecule has 0 saturated heterocycles. The van der Waals surface area contributed by atoms with Gasteiger partial charge in [0.05, 0.1) is 5.39 Å². The van der Waals surface area contributed by atoms with Crippen molar-refractivity contribution in [2.45, 2.75) is 46.7 Å². The zero-order chi connectivity index (χ0) is 16.3. The minimum absolute atomic E-state index is 0.0556. The van der Waals surface area contributed by atoms with Gasteiger partial charge in [0, 0.05) is 18.0 Å². The predicted molar refractivity (Wildman–Crippen MR) is 88.1 cm³/mol. The fourth-order valence-corrected chi connectivity index (χ4v) is 2.39. The highest BCUT2D eigenvalue weighted by atomic mass is 16.2. The van der Waals surface area contributed by atoms with Gasteiger partial charge in [0.2, 0.25) is 0 Å². The number of hydrogen-bond acceptors (Lipinski definition) is 3. The van der Waals surface area contributed by atoms with Gasteiger partial charge in [-0.25, -0.2) is 4.68 Å². The average Bonchev–Trinajstić information content (AvgIpc) is 2.54. The summed E-state index contributed by atoms with van der Waals surface area (Å²) < 4.78 is 1.34. The van der Waals surface area contributed by atoms with Crippen molar-refractivity contribution >= 4 is 16.7 Å². The fourth-order valence-electron chi connectivity index (χ4n) is 2.39. The van der Waals surface area contributed by atoms with Crippen LogP contribution in [0, 0.1) is 5.92 Å². The van der Waals surface area contributed by atoms with Gasteiger partial charge >= 0.3 is 0 Å². The first-order valence-electron chi connectivity index (χ1n) is 7.80. The maximum Gasteiger partial charge on any atom is 0.274 e. The van der Waals surface area contributed by atoms with Crippen molar-refractivity contribution in [2.24, 2.45) is 5.92 Å². The zero-order valence-corrected chi connectivity index (χ0v) is 13.6. The molecule has 1 amide bonds. The lowest BCUT2D eigenvalue weighted by atomic mass is 10.0. The Bertz CT molecular complexity index is 736. The maximum absolute atomic E-state index is 12.6. The molecule has 2 atom stereocenters. The van der Waals surface area contributed by atoms with Crippen LogP contribution in [0.4, 0.5) is 0 Å². The van der Waals surface area contributed by atoms with E-state index in [9.17, 15) is 9.59 Å². The third-order valence-corrected chi connectivity index (χ3v) is 4.24. The molecule has 2 rings (SSSR count). The molecule has 0 aliphatic rings. The summed E-state index contributed by atoms with van der Waals surface area (Å²) in [5.41, 5.74) is 0.150. The minimum Gasteiger partial charge on any atom is -0.348 e. The molecule has 5 nitrogen and oxygen atoms in total. The summed E-state index contributed by atoms with van der Waals surface area (Å²) in [4.78, 5) is 24.9. The van der Waals surface area contributed by atoms with Gasteiger partial charge in [-0.15, -0.1) is 0 Å². The van der Waals surface area contributed by atoms with Crippen LogP contribution < -0.4 is 10.9 Å². The highest BCUT2D eigenvalue weighted by Crippen LogP contribution is 2.14. The van der Waals surface area contributed by atoms with E-state index in [0.717, 1.165) is 6.42 Å². The number of aryl methyl sites for hydroxylation is 1. The molecule has 118 valence electrons.